The van der Waals surface area contributed by atoms with Crippen molar-refractivity contribution in [2.45, 2.75) is 0 Å². The second-order valence-corrected chi connectivity index (χ2v) is 9.95. The normalized spacial score (nSPS) is 15.3. The third-order valence-corrected chi connectivity index (χ3v) is 6.98. The number of nitrogens with zero attached hydrogens (tertiary/aromatic N) is 3. The third-order valence-electron chi connectivity index (χ3n) is 5.82. The highest BCUT2D eigenvalue weighted by Crippen LogP contribution is 2.38. The molecule has 0 saturated carbocycles. The number of amidine groups is 2. The summed E-state index contributed by atoms with van der Waals surface area (Å²) < 4.78 is 28.1. The van der Waals surface area contributed by atoms with E-state index < -0.39 is 5.91 Å². The van der Waals surface area contributed by atoms with E-state index in [9.17, 15) is 4.79 Å². The molecule has 210 valence electrons. The maximum Gasteiger partial charge on any atom is 0.283 e. The van der Waals surface area contributed by atoms with Gasteiger partial charge in [0.05, 0.1) is 24.8 Å². The van der Waals surface area contributed by atoms with Gasteiger partial charge in [0, 0.05) is 0 Å². The summed E-state index contributed by atoms with van der Waals surface area (Å²) in [6, 6.07) is 19.9. The number of para-hydroxylation sites is 3. The van der Waals surface area contributed by atoms with E-state index in [2.05, 4.69) is 10.1 Å². The van der Waals surface area contributed by atoms with Crippen LogP contribution < -0.4 is 23.7 Å². The zero-order valence-electron chi connectivity index (χ0n) is 22.1. The first-order chi connectivity index (χ1) is 20.0. The molecule has 3 aromatic rings. The highest BCUT2D eigenvalue weighted by atomic mass is 35.5. The van der Waals surface area contributed by atoms with Gasteiger partial charge in [-0.2, -0.15) is 15.1 Å². The van der Waals surface area contributed by atoms with E-state index in [1.165, 1.54) is 30.0 Å². The minimum atomic E-state index is -0.557. The Hall–Kier alpha value is -4.48. The first-order valence-electron chi connectivity index (χ1n) is 12.4. The number of benzene rings is 3. The van der Waals surface area contributed by atoms with Crippen molar-refractivity contribution in [3.8, 4) is 28.7 Å². The van der Waals surface area contributed by atoms with Crippen molar-refractivity contribution in [2.24, 2.45) is 10.1 Å². The van der Waals surface area contributed by atoms with E-state index in [1.807, 2.05) is 42.5 Å². The lowest BCUT2D eigenvalue weighted by Crippen LogP contribution is -2.35. The maximum absolute atomic E-state index is 12.9. The van der Waals surface area contributed by atoms with Gasteiger partial charge in [0.25, 0.3) is 5.91 Å². The van der Waals surface area contributed by atoms with Gasteiger partial charge in [0.15, 0.2) is 28.8 Å². The number of aliphatic imine (C=N–C) groups is 1. The highest BCUT2D eigenvalue weighted by molar-refractivity contribution is 8.27. The molecular weight excluding hydrogens is 568 g/mol. The van der Waals surface area contributed by atoms with Crippen molar-refractivity contribution in [2.75, 3.05) is 34.0 Å². The summed E-state index contributed by atoms with van der Waals surface area (Å²) in [6.45, 7) is 0.615. The Morgan fingerprint density at radius 1 is 0.927 bits per heavy atom. The van der Waals surface area contributed by atoms with E-state index in [4.69, 9.17) is 40.7 Å². The van der Waals surface area contributed by atoms with Crippen molar-refractivity contribution in [1.29, 1.82) is 5.41 Å². The Morgan fingerprint density at radius 3 is 2.39 bits per heavy atom. The van der Waals surface area contributed by atoms with Crippen LogP contribution in [0.3, 0.4) is 0 Å². The fourth-order valence-corrected chi connectivity index (χ4v) is 4.99. The molecule has 12 heteroatoms. The second-order valence-electron chi connectivity index (χ2n) is 8.50. The minimum absolute atomic E-state index is 0.0559. The zero-order chi connectivity index (χ0) is 28.8. The van der Waals surface area contributed by atoms with Gasteiger partial charge in [-0.15, -0.1) is 0 Å². The molecule has 2 aliphatic heterocycles. The monoisotopic (exact) mass is 592 g/mol. The fourth-order valence-electron chi connectivity index (χ4n) is 3.92. The van der Waals surface area contributed by atoms with Crippen LogP contribution in [-0.4, -0.2) is 61.0 Å². The molecule has 1 N–H and O–H groups in total. The second kappa shape index (κ2) is 12.8. The number of methoxy groups -OCH3 is 2. The Morgan fingerprint density at radius 2 is 1.63 bits per heavy atom. The standard InChI is InChI=1S/C29H25ClN4O6S/c1-36-22-10-6-7-11-23(22)38-12-13-39-26-21(30)15-18(16-24(26)37-2)14-20-27(31)34-29(32-28(20)35)41-25(33-34)17-40-19-8-4-3-5-9-19/h3-11,14-16,31H,12-13,17H2,1-2H3. The van der Waals surface area contributed by atoms with Crippen LogP contribution in [0.4, 0.5) is 0 Å². The molecule has 5 rings (SSSR count). The lowest BCUT2D eigenvalue weighted by Gasteiger charge is -2.20. The number of carbonyl (C=O) groups is 1. The fraction of sp³-hybridized carbons (Fsp3) is 0.172. The number of nitrogens with one attached hydrogen (secondary N) is 1. The van der Waals surface area contributed by atoms with Gasteiger partial charge in [-0.1, -0.05) is 41.9 Å². The molecule has 0 spiro atoms. The lowest BCUT2D eigenvalue weighted by molar-refractivity contribution is -0.114. The summed E-state index contributed by atoms with van der Waals surface area (Å²) in [5.74, 6) is 1.93. The zero-order valence-corrected chi connectivity index (χ0v) is 23.7. The van der Waals surface area contributed by atoms with Crippen LogP contribution in [0.15, 0.2) is 82.4 Å². The first-order valence-corrected chi connectivity index (χ1v) is 13.6. The number of ether oxygens (including phenoxy) is 5. The molecule has 2 heterocycles. The summed E-state index contributed by atoms with van der Waals surface area (Å²) in [7, 11) is 3.06. The van der Waals surface area contributed by atoms with Gasteiger partial charge in [-0.3, -0.25) is 10.2 Å². The van der Waals surface area contributed by atoms with E-state index in [0.717, 1.165) is 0 Å². The number of fused-ring (bicyclic) bond motifs is 1. The van der Waals surface area contributed by atoms with Gasteiger partial charge in [0.2, 0.25) is 5.17 Å². The molecular formula is C29H25ClN4O6S. The minimum Gasteiger partial charge on any atom is -0.493 e. The van der Waals surface area contributed by atoms with Crippen LogP contribution in [0.2, 0.25) is 5.02 Å². The van der Waals surface area contributed by atoms with Crippen molar-refractivity contribution in [3.63, 3.8) is 0 Å². The van der Waals surface area contributed by atoms with E-state index in [-0.39, 0.29) is 36.3 Å². The van der Waals surface area contributed by atoms with Crippen LogP contribution in [0.1, 0.15) is 5.56 Å². The summed E-state index contributed by atoms with van der Waals surface area (Å²) in [5, 5.41) is 15.5. The highest BCUT2D eigenvalue weighted by Gasteiger charge is 2.36. The number of hydrogen-bond acceptors (Lipinski definition) is 9. The molecule has 0 fully saturated rings. The molecule has 0 bridgehead atoms. The number of thioether (sulfide) groups is 1. The Bertz CT molecular complexity index is 1560. The van der Waals surface area contributed by atoms with Gasteiger partial charge >= 0.3 is 0 Å². The van der Waals surface area contributed by atoms with E-state index in [1.54, 1.807) is 31.4 Å². The lowest BCUT2D eigenvalue weighted by atomic mass is 10.1. The van der Waals surface area contributed by atoms with Crippen molar-refractivity contribution >= 4 is 51.4 Å². The molecule has 0 aliphatic carbocycles. The quantitative estimate of drug-likeness (QED) is 0.229. The molecule has 0 atom stereocenters. The molecule has 2 aliphatic rings. The summed E-state index contributed by atoms with van der Waals surface area (Å²) in [6.07, 6.45) is 1.52. The number of halogens is 1. The predicted octanol–water partition coefficient (Wildman–Crippen LogP) is 5.51. The average Bonchev–Trinajstić information content (AvgIpc) is 3.40. The Kier molecular flexibility index (Phi) is 8.76. The Labute approximate surface area is 245 Å². The number of rotatable bonds is 11. The molecule has 0 unspecified atom stereocenters. The van der Waals surface area contributed by atoms with Crippen molar-refractivity contribution in [3.05, 3.63) is 82.9 Å². The molecule has 3 aromatic carbocycles. The smallest absolute Gasteiger partial charge is 0.283 e. The van der Waals surface area contributed by atoms with Gasteiger partial charge in [-0.25, -0.2) is 0 Å². The summed E-state index contributed by atoms with van der Waals surface area (Å²) in [5.41, 5.74) is 0.583. The number of hydrogen-bond donors (Lipinski definition) is 1. The van der Waals surface area contributed by atoms with Gasteiger partial charge in [0.1, 0.15) is 30.6 Å². The molecule has 0 saturated heterocycles. The third kappa shape index (κ3) is 6.47. The molecule has 1 amide bonds. The summed E-state index contributed by atoms with van der Waals surface area (Å²) >= 11 is 7.72. The largest absolute Gasteiger partial charge is 0.493 e. The number of amides is 1. The Balaban J connectivity index is 1.27. The van der Waals surface area contributed by atoms with E-state index >= 15 is 0 Å². The van der Waals surface area contributed by atoms with Crippen LogP contribution in [0.5, 0.6) is 28.7 Å². The average molecular weight is 593 g/mol. The van der Waals surface area contributed by atoms with Gasteiger partial charge in [-0.05, 0) is 59.8 Å². The van der Waals surface area contributed by atoms with Crippen molar-refractivity contribution in [1.82, 2.24) is 5.01 Å². The van der Waals surface area contributed by atoms with Gasteiger partial charge < -0.3 is 23.7 Å². The van der Waals surface area contributed by atoms with E-state index in [0.29, 0.717) is 44.5 Å². The van der Waals surface area contributed by atoms with Crippen LogP contribution in [0.25, 0.3) is 6.08 Å². The molecule has 10 nitrogen and oxygen atoms in total. The van der Waals surface area contributed by atoms with Crippen LogP contribution in [0, 0.1) is 5.41 Å². The van der Waals surface area contributed by atoms with Crippen LogP contribution in [-0.2, 0) is 4.79 Å². The van der Waals surface area contributed by atoms with Crippen molar-refractivity contribution < 1.29 is 28.5 Å². The van der Waals surface area contributed by atoms with Crippen LogP contribution >= 0.6 is 23.4 Å². The molecule has 41 heavy (non-hydrogen) atoms. The first kappa shape index (κ1) is 28.1. The number of carbonyl (C=O) groups excluding carboxylic acids is 1. The predicted molar refractivity (Wildman–Crippen MR) is 159 cm³/mol. The molecule has 0 radical (unpaired) electrons. The maximum atomic E-state index is 12.9. The molecule has 0 aromatic heterocycles. The number of hydrazone groups is 1. The summed E-state index contributed by atoms with van der Waals surface area (Å²) in [4.78, 5) is 17.0. The topological polar surface area (TPSA) is 115 Å². The SMILES string of the molecule is COc1ccccc1OCCOc1c(Cl)cc(C=C2C(=N)N3N=C(COc4ccccc4)SC3=NC2=O)cc1OC.